The molecular weight excluding hydrogens is 183 g/mol. The Morgan fingerprint density at radius 2 is 2.07 bits per heavy atom. The lowest BCUT2D eigenvalue weighted by molar-refractivity contribution is 0.275. The SMILES string of the molecule is CCN(CC)c1nccc(CO)c1F. The third-order valence-electron chi connectivity index (χ3n) is 2.18. The van der Waals surface area contributed by atoms with Crippen LogP contribution >= 0.6 is 0 Å². The summed E-state index contributed by atoms with van der Waals surface area (Å²) >= 11 is 0. The Bertz CT molecular complexity index is 300. The van der Waals surface area contributed by atoms with E-state index in [4.69, 9.17) is 5.11 Å². The fourth-order valence-corrected chi connectivity index (χ4v) is 1.34. The van der Waals surface area contributed by atoms with E-state index in [1.165, 1.54) is 12.3 Å². The predicted molar refractivity (Wildman–Crippen MR) is 53.7 cm³/mol. The average Bonchev–Trinajstić information content (AvgIpc) is 2.22. The van der Waals surface area contributed by atoms with E-state index < -0.39 is 5.82 Å². The summed E-state index contributed by atoms with van der Waals surface area (Å²) in [6, 6.07) is 1.49. The first kappa shape index (κ1) is 10.9. The number of aromatic nitrogens is 1. The van der Waals surface area contributed by atoms with Crippen LogP contribution in [-0.4, -0.2) is 23.2 Å². The molecule has 0 aromatic carbocycles. The van der Waals surface area contributed by atoms with Crippen molar-refractivity contribution in [3.05, 3.63) is 23.6 Å². The molecule has 0 amide bonds. The Hall–Kier alpha value is -1.16. The summed E-state index contributed by atoms with van der Waals surface area (Å²) in [5.74, 6) is -0.0970. The maximum absolute atomic E-state index is 13.6. The molecule has 0 saturated heterocycles. The highest BCUT2D eigenvalue weighted by Gasteiger charge is 2.12. The summed E-state index contributed by atoms with van der Waals surface area (Å²) in [5, 5.41) is 8.88. The Balaban J connectivity index is 3.07. The van der Waals surface area contributed by atoms with Crippen molar-refractivity contribution in [3.8, 4) is 0 Å². The lowest BCUT2D eigenvalue weighted by atomic mass is 10.2. The monoisotopic (exact) mass is 198 g/mol. The minimum Gasteiger partial charge on any atom is -0.392 e. The molecule has 14 heavy (non-hydrogen) atoms. The number of hydrogen-bond acceptors (Lipinski definition) is 3. The van der Waals surface area contributed by atoms with Gasteiger partial charge in [-0.15, -0.1) is 0 Å². The van der Waals surface area contributed by atoms with Gasteiger partial charge in [0.2, 0.25) is 0 Å². The van der Waals surface area contributed by atoms with Gasteiger partial charge in [0.1, 0.15) is 0 Å². The van der Waals surface area contributed by atoms with Crippen molar-refractivity contribution < 1.29 is 9.50 Å². The van der Waals surface area contributed by atoms with Crippen molar-refractivity contribution in [2.75, 3.05) is 18.0 Å². The summed E-state index contributed by atoms with van der Waals surface area (Å²) in [4.78, 5) is 5.78. The summed E-state index contributed by atoms with van der Waals surface area (Å²) < 4.78 is 13.6. The van der Waals surface area contributed by atoms with Gasteiger partial charge in [0.05, 0.1) is 6.61 Å². The van der Waals surface area contributed by atoms with Gasteiger partial charge in [-0.1, -0.05) is 0 Å². The number of nitrogens with zero attached hydrogens (tertiary/aromatic N) is 2. The highest BCUT2D eigenvalue weighted by atomic mass is 19.1. The highest BCUT2D eigenvalue weighted by Crippen LogP contribution is 2.18. The van der Waals surface area contributed by atoms with E-state index >= 15 is 0 Å². The minimum atomic E-state index is -0.418. The zero-order valence-corrected chi connectivity index (χ0v) is 8.50. The van der Waals surface area contributed by atoms with Crippen molar-refractivity contribution in [1.82, 2.24) is 4.98 Å². The normalized spacial score (nSPS) is 10.3. The lowest BCUT2D eigenvalue weighted by Gasteiger charge is -2.20. The van der Waals surface area contributed by atoms with Gasteiger partial charge >= 0.3 is 0 Å². The minimum absolute atomic E-state index is 0.289. The second-order valence-corrected chi connectivity index (χ2v) is 2.94. The molecule has 1 heterocycles. The van der Waals surface area contributed by atoms with Crippen LogP contribution < -0.4 is 4.90 Å². The second kappa shape index (κ2) is 4.91. The maximum Gasteiger partial charge on any atom is 0.171 e. The van der Waals surface area contributed by atoms with E-state index in [1.54, 1.807) is 0 Å². The zero-order valence-electron chi connectivity index (χ0n) is 8.50. The summed E-state index contributed by atoms with van der Waals surface area (Å²) in [6.07, 6.45) is 1.52. The molecule has 1 N–H and O–H groups in total. The first-order valence-corrected chi connectivity index (χ1v) is 4.73. The van der Waals surface area contributed by atoms with Gasteiger partial charge in [-0.2, -0.15) is 0 Å². The van der Waals surface area contributed by atoms with E-state index in [0.717, 1.165) is 0 Å². The van der Waals surface area contributed by atoms with Crippen LogP contribution in [0.15, 0.2) is 12.3 Å². The van der Waals surface area contributed by atoms with Gasteiger partial charge in [0, 0.05) is 24.8 Å². The van der Waals surface area contributed by atoms with Crippen molar-refractivity contribution in [2.45, 2.75) is 20.5 Å². The van der Waals surface area contributed by atoms with E-state index in [-0.39, 0.29) is 6.61 Å². The molecule has 1 aromatic heterocycles. The van der Waals surface area contributed by atoms with Gasteiger partial charge in [0.25, 0.3) is 0 Å². The number of hydrogen-bond donors (Lipinski definition) is 1. The number of halogens is 1. The predicted octanol–water partition coefficient (Wildman–Crippen LogP) is 1.56. The molecule has 0 aliphatic rings. The van der Waals surface area contributed by atoms with Gasteiger partial charge in [-0.05, 0) is 19.9 Å². The number of pyridine rings is 1. The molecule has 0 radical (unpaired) electrons. The third-order valence-corrected chi connectivity index (χ3v) is 2.18. The van der Waals surface area contributed by atoms with Crippen molar-refractivity contribution >= 4 is 5.82 Å². The third kappa shape index (κ3) is 2.01. The Labute approximate surface area is 83.2 Å². The van der Waals surface area contributed by atoms with E-state index in [1.807, 2.05) is 18.7 Å². The fraction of sp³-hybridized carbons (Fsp3) is 0.500. The van der Waals surface area contributed by atoms with E-state index in [2.05, 4.69) is 4.98 Å². The van der Waals surface area contributed by atoms with Crippen molar-refractivity contribution in [3.63, 3.8) is 0 Å². The highest BCUT2D eigenvalue weighted by molar-refractivity contribution is 5.42. The molecule has 0 unspecified atom stereocenters. The molecule has 3 nitrogen and oxygen atoms in total. The molecule has 1 rings (SSSR count). The van der Waals surface area contributed by atoms with Crippen LogP contribution in [0.1, 0.15) is 19.4 Å². The number of rotatable bonds is 4. The number of aliphatic hydroxyl groups is 1. The summed E-state index contributed by atoms with van der Waals surface area (Å²) in [5.41, 5.74) is 0.293. The van der Waals surface area contributed by atoms with Crippen molar-refractivity contribution in [1.29, 1.82) is 0 Å². The van der Waals surface area contributed by atoms with Crippen LogP contribution in [0.5, 0.6) is 0 Å². The Kier molecular flexibility index (Phi) is 3.83. The van der Waals surface area contributed by atoms with E-state index in [9.17, 15) is 4.39 Å². The molecule has 78 valence electrons. The van der Waals surface area contributed by atoms with Crippen LogP contribution in [0.2, 0.25) is 0 Å². The van der Waals surface area contributed by atoms with Crippen LogP contribution in [0.25, 0.3) is 0 Å². The average molecular weight is 198 g/mol. The second-order valence-electron chi connectivity index (χ2n) is 2.94. The first-order chi connectivity index (χ1) is 6.74. The van der Waals surface area contributed by atoms with E-state index in [0.29, 0.717) is 24.5 Å². The van der Waals surface area contributed by atoms with Gasteiger partial charge in [-0.3, -0.25) is 0 Å². The van der Waals surface area contributed by atoms with Gasteiger partial charge in [0.15, 0.2) is 11.6 Å². The number of anilines is 1. The lowest BCUT2D eigenvalue weighted by Crippen LogP contribution is -2.24. The summed E-state index contributed by atoms with van der Waals surface area (Å²) in [7, 11) is 0. The molecule has 4 heteroatoms. The Morgan fingerprint density at radius 1 is 1.43 bits per heavy atom. The molecule has 0 aliphatic carbocycles. The van der Waals surface area contributed by atoms with Crippen LogP contribution in [0, 0.1) is 5.82 Å². The Morgan fingerprint density at radius 3 is 2.57 bits per heavy atom. The molecule has 0 aliphatic heterocycles. The van der Waals surface area contributed by atoms with Gasteiger partial charge in [-0.25, -0.2) is 9.37 Å². The van der Waals surface area contributed by atoms with Crippen LogP contribution in [0.3, 0.4) is 0 Å². The van der Waals surface area contributed by atoms with Crippen molar-refractivity contribution in [2.24, 2.45) is 0 Å². The maximum atomic E-state index is 13.6. The first-order valence-electron chi connectivity index (χ1n) is 4.73. The molecule has 1 aromatic rings. The molecule has 0 fully saturated rings. The largest absolute Gasteiger partial charge is 0.392 e. The topological polar surface area (TPSA) is 36.4 Å². The number of aliphatic hydroxyl groups excluding tert-OH is 1. The van der Waals surface area contributed by atoms with Crippen LogP contribution in [-0.2, 0) is 6.61 Å². The molecular formula is C10H15FN2O. The standard InChI is InChI=1S/C10H15FN2O/c1-3-13(4-2)10-9(11)8(7-14)5-6-12-10/h5-6,14H,3-4,7H2,1-2H3. The van der Waals surface area contributed by atoms with Crippen LogP contribution in [0.4, 0.5) is 10.2 Å². The molecule has 0 bridgehead atoms. The molecule has 0 atom stereocenters. The summed E-state index contributed by atoms with van der Waals surface area (Å²) in [6.45, 7) is 5.00. The fourth-order valence-electron chi connectivity index (χ4n) is 1.34. The zero-order chi connectivity index (χ0) is 10.6. The molecule has 0 spiro atoms. The van der Waals surface area contributed by atoms with Gasteiger partial charge < -0.3 is 10.0 Å². The molecule has 0 saturated carbocycles. The quantitative estimate of drug-likeness (QED) is 0.797. The smallest absolute Gasteiger partial charge is 0.171 e.